The first kappa shape index (κ1) is 19.1. The first-order valence-corrected chi connectivity index (χ1v) is 8.16. The second kappa shape index (κ2) is 7.91. The molecule has 0 fully saturated rings. The third kappa shape index (κ3) is 3.85. The summed E-state index contributed by atoms with van der Waals surface area (Å²) >= 11 is 0. The molecule has 144 valence electrons. The number of nitrogens with zero attached hydrogens (tertiary/aromatic N) is 1. The van der Waals surface area contributed by atoms with Gasteiger partial charge in [-0.3, -0.25) is 4.79 Å². The molecule has 0 saturated carbocycles. The Balaban J connectivity index is 2.08. The summed E-state index contributed by atoms with van der Waals surface area (Å²) in [5.41, 5.74) is 0.241. The number of ether oxygens (including phenoxy) is 2. The zero-order valence-electron chi connectivity index (χ0n) is 15.0. The van der Waals surface area contributed by atoms with Gasteiger partial charge in [-0.25, -0.2) is 13.8 Å². The van der Waals surface area contributed by atoms with Gasteiger partial charge in [-0.1, -0.05) is 6.07 Å². The largest absolute Gasteiger partial charge is 0.505 e. The van der Waals surface area contributed by atoms with Crippen LogP contribution in [0.1, 0.15) is 10.4 Å². The number of carbonyl (C=O) groups is 1. The topological polar surface area (TPSA) is 80.7 Å². The molecule has 0 bridgehead atoms. The van der Waals surface area contributed by atoms with E-state index in [4.69, 9.17) is 9.47 Å². The second-order valence-electron chi connectivity index (χ2n) is 5.70. The standard InChI is InChI=1S/C20H16F2N2O4/c1-23-20(26)11-8-15(13-4-3-5-16(25)19(13)22)24-18(9-11)28-12-6-7-14(21)17(10-12)27-2/h3-10,25H,1-2H3,(H,23,26). The number of pyridine rings is 1. The van der Waals surface area contributed by atoms with Gasteiger partial charge >= 0.3 is 0 Å². The number of carbonyl (C=O) groups excluding carboxylic acids is 1. The molecular formula is C20H16F2N2O4. The van der Waals surface area contributed by atoms with Crippen molar-refractivity contribution in [3.05, 3.63) is 65.7 Å². The van der Waals surface area contributed by atoms with E-state index in [1.165, 1.54) is 56.6 Å². The highest BCUT2D eigenvalue weighted by Crippen LogP contribution is 2.32. The van der Waals surface area contributed by atoms with Crippen molar-refractivity contribution >= 4 is 5.91 Å². The van der Waals surface area contributed by atoms with Crippen LogP contribution in [0, 0.1) is 11.6 Å². The average Bonchev–Trinajstić information content (AvgIpc) is 2.70. The molecule has 0 saturated heterocycles. The van der Waals surface area contributed by atoms with E-state index in [1.807, 2.05) is 0 Å². The molecule has 28 heavy (non-hydrogen) atoms. The Kier molecular flexibility index (Phi) is 5.39. The van der Waals surface area contributed by atoms with Gasteiger partial charge in [0.25, 0.3) is 5.91 Å². The number of nitrogens with one attached hydrogen (secondary N) is 1. The van der Waals surface area contributed by atoms with Crippen LogP contribution in [-0.2, 0) is 0 Å². The highest BCUT2D eigenvalue weighted by atomic mass is 19.1. The quantitative estimate of drug-likeness (QED) is 0.695. The van der Waals surface area contributed by atoms with E-state index in [0.29, 0.717) is 0 Å². The number of methoxy groups -OCH3 is 1. The molecule has 6 nitrogen and oxygen atoms in total. The van der Waals surface area contributed by atoms with Crippen LogP contribution in [0.4, 0.5) is 8.78 Å². The number of halogens is 2. The predicted molar refractivity (Wildman–Crippen MR) is 97.7 cm³/mol. The Hall–Kier alpha value is -3.68. The van der Waals surface area contributed by atoms with E-state index in [1.54, 1.807) is 0 Å². The highest BCUT2D eigenvalue weighted by molar-refractivity contribution is 5.95. The average molecular weight is 386 g/mol. The summed E-state index contributed by atoms with van der Waals surface area (Å²) in [6, 6.07) is 10.6. The molecule has 0 radical (unpaired) electrons. The molecule has 0 spiro atoms. The van der Waals surface area contributed by atoms with Gasteiger partial charge in [0.15, 0.2) is 23.1 Å². The number of amides is 1. The predicted octanol–water partition coefficient (Wildman–Crippen LogP) is 3.89. The number of rotatable bonds is 5. The number of phenols is 1. The minimum absolute atomic E-state index is 0.00714. The lowest BCUT2D eigenvalue weighted by Gasteiger charge is -2.11. The molecule has 0 aliphatic carbocycles. The molecule has 3 aromatic rings. The van der Waals surface area contributed by atoms with Crippen molar-refractivity contribution in [2.75, 3.05) is 14.2 Å². The number of benzene rings is 2. The number of hydrogen-bond acceptors (Lipinski definition) is 5. The van der Waals surface area contributed by atoms with E-state index in [9.17, 15) is 18.7 Å². The summed E-state index contributed by atoms with van der Waals surface area (Å²) in [7, 11) is 2.76. The van der Waals surface area contributed by atoms with Gasteiger partial charge in [0.05, 0.1) is 12.8 Å². The van der Waals surface area contributed by atoms with Crippen LogP contribution in [-0.4, -0.2) is 30.2 Å². The number of hydrogen-bond donors (Lipinski definition) is 2. The van der Waals surface area contributed by atoms with E-state index < -0.39 is 23.3 Å². The number of phenolic OH excluding ortho intramolecular Hbond substituents is 1. The Bertz CT molecular complexity index is 1040. The van der Waals surface area contributed by atoms with Crippen LogP contribution in [0.15, 0.2) is 48.5 Å². The highest BCUT2D eigenvalue weighted by Gasteiger charge is 2.16. The first-order chi connectivity index (χ1) is 13.4. The van der Waals surface area contributed by atoms with Crippen LogP contribution < -0.4 is 14.8 Å². The zero-order valence-corrected chi connectivity index (χ0v) is 15.0. The molecule has 1 aromatic heterocycles. The fourth-order valence-electron chi connectivity index (χ4n) is 2.51. The molecular weight excluding hydrogens is 370 g/mol. The lowest BCUT2D eigenvalue weighted by atomic mass is 10.1. The van der Waals surface area contributed by atoms with E-state index >= 15 is 0 Å². The van der Waals surface area contributed by atoms with Crippen molar-refractivity contribution in [3.63, 3.8) is 0 Å². The Morgan fingerprint density at radius 3 is 2.64 bits per heavy atom. The van der Waals surface area contributed by atoms with Crippen LogP contribution in [0.25, 0.3) is 11.3 Å². The van der Waals surface area contributed by atoms with Crippen LogP contribution in [0.5, 0.6) is 23.1 Å². The summed E-state index contributed by atoms with van der Waals surface area (Å²) in [6.45, 7) is 0. The van der Waals surface area contributed by atoms with Gasteiger partial charge in [-0.15, -0.1) is 0 Å². The van der Waals surface area contributed by atoms with Crippen molar-refractivity contribution in [3.8, 4) is 34.4 Å². The lowest BCUT2D eigenvalue weighted by Crippen LogP contribution is -2.18. The van der Waals surface area contributed by atoms with E-state index in [2.05, 4.69) is 10.3 Å². The van der Waals surface area contributed by atoms with Gasteiger partial charge in [0.2, 0.25) is 5.88 Å². The molecule has 0 aliphatic heterocycles. The van der Waals surface area contributed by atoms with Gasteiger partial charge in [0, 0.05) is 30.3 Å². The van der Waals surface area contributed by atoms with Crippen molar-refractivity contribution in [1.82, 2.24) is 10.3 Å². The lowest BCUT2D eigenvalue weighted by molar-refractivity contribution is 0.0962. The molecule has 0 unspecified atom stereocenters. The third-order valence-electron chi connectivity index (χ3n) is 3.89. The van der Waals surface area contributed by atoms with Crippen LogP contribution in [0.2, 0.25) is 0 Å². The van der Waals surface area contributed by atoms with Crippen LogP contribution in [0.3, 0.4) is 0 Å². The van der Waals surface area contributed by atoms with Gasteiger partial charge < -0.3 is 19.9 Å². The number of aromatic hydroxyl groups is 1. The van der Waals surface area contributed by atoms with Crippen molar-refractivity contribution in [2.45, 2.75) is 0 Å². The van der Waals surface area contributed by atoms with Gasteiger partial charge in [-0.05, 0) is 30.3 Å². The van der Waals surface area contributed by atoms with Crippen LogP contribution >= 0.6 is 0 Å². The van der Waals surface area contributed by atoms with Crippen molar-refractivity contribution in [1.29, 1.82) is 0 Å². The van der Waals surface area contributed by atoms with Gasteiger partial charge in [-0.2, -0.15) is 0 Å². The molecule has 2 aromatic carbocycles. The fraction of sp³-hybridized carbons (Fsp3) is 0.100. The number of aromatic nitrogens is 1. The minimum atomic E-state index is -0.876. The first-order valence-electron chi connectivity index (χ1n) is 8.16. The van der Waals surface area contributed by atoms with E-state index in [0.717, 1.165) is 6.07 Å². The molecule has 0 aliphatic rings. The SMILES string of the molecule is CNC(=O)c1cc(Oc2ccc(F)c(OC)c2)nc(-c2cccc(O)c2F)c1. The second-order valence-corrected chi connectivity index (χ2v) is 5.70. The Labute approximate surface area is 159 Å². The zero-order chi connectivity index (χ0) is 20.3. The van der Waals surface area contributed by atoms with E-state index in [-0.39, 0.29) is 34.2 Å². The fourth-order valence-corrected chi connectivity index (χ4v) is 2.51. The maximum Gasteiger partial charge on any atom is 0.251 e. The molecule has 1 heterocycles. The summed E-state index contributed by atoms with van der Waals surface area (Å²) in [4.78, 5) is 16.3. The Morgan fingerprint density at radius 2 is 1.93 bits per heavy atom. The molecule has 1 amide bonds. The maximum absolute atomic E-state index is 14.3. The van der Waals surface area contributed by atoms with Crippen molar-refractivity contribution in [2.24, 2.45) is 0 Å². The Morgan fingerprint density at radius 1 is 1.14 bits per heavy atom. The molecule has 2 N–H and O–H groups in total. The molecule has 8 heteroatoms. The normalized spacial score (nSPS) is 10.4. The third-order valence-corrected chi connectivity index (χ3v) is 3.89. The summed E-state index contributed by atoms with van der Waals surface area (Å²) in [5, 5.41) is 12.1. The minimum Gasteiger partial charge on any atom is -0.505 e. The van der Waals surface area contributed by atoms with Gasteiger partial charge in [0.1, 0.15) is 5.75 Å². The molecule has 0 atom stereocenters. The summed E-state index contributed by atoms with van der Waals surface area (Å²) in [6.07, 6.45) is 0. The maximum atomic E-state index is 14.3. The van der Waals surface area contributed by atoms with Crippen molar-refractivity contribution < 1.29 is 28.2 Å². The summed E-state index contributed by atoms with van der Waals surface area (Å²) < 4.78 is 38.4. The molecule has 3 rings (SSSR count). The monoisotopic (exact) mass is 386 g/mol. The smallest absolute Gasteiger partial charge is 0.251 e. The summed E-state index contributed by atoms with van der Waals surface area (Å²) in [5.74, 6) is -2.27.